The van der Waals surface area contributed by atoms with Crippen molar-refractivity contribution in [1.82, 2.24) is 14.7 Å². The van der Waals surface area contributed by atoms with E-state index in [0.717, 1.165) is 17.1 Å². The zero-order chi connectivity index (χ0) is 24.9. The van der Waals surface area contributed by atoms with Gasteiger partial charge >= 0.3 is 0 Å². The molecule has 2 heterocycles. The molecule has 0 atom stereocenters. The lowest BCUT2D eigenvalue weighted by Gasteiger charge is -2.32. The van der Waals surface area contributed by atoms with Crippen molar-refractivity contribution < 1.29 is 14.3 Å². The molecule has 7 heteroatoms. The van der Waals surface area contributed by atoms with Gasteiger partial charge in [0.2, 0.25) is 0 Å². The van der Waals surface area contributed by atoms with E-state index < -0.39 is 0 Å². The van der Waals surface area contributed by atoms with Gasteiger partial charge in [0, 0.05) is 31.3 Å². The van der Waals surface area contributed by atoms with Gasteiger partial charge in [-0.05, 0) is 30.7 Å². The molecule has 1 saturated heterocycles. The van der Waals surface area contributed by atoms with Gasteiger partial charge in [0.15, 0.2) is 17.2 Å². The highest BCUT2D eigenvalue weighted by Gasteiger charge is 2.28. The number of hydrogen-bond donors (Lipinski definition) is 0. The number of benzene rings is 3. The SMILES string of the molecule is CCOc1ccccc1OC1CCN(C(=O)c2nn(Cc3ccccc3)c(=O)c3ccccc23)CC1. The number of carbonyl (C=O) groups excluding carboxylic acids is 1. The van der Waals surface area contributed by atoms with E-state index in [1.54, 1.807) is 17.0 Å². The maximum atomic E-state index is 13.6. The van der Waals surface area contributed by atoms with Gasteiger partial charge in [0.05, 0.1) is 18.5 Å². The molecule has 1 amide bonds. The third-order valence-electron chi connectivity index (χ3n) is 6.42. The van der Waals surface area contributed by atoms with Gasteiger partial charge in [0.25, 0.3) is 11.5 Å². The van der Waals surface area contributed by atoms with Crippen molar-refractivity contribution in [1.29, 1.82) is 0 Å². The lowest BCUT2D eigenvalue weighted by atomic mass is 10.1. The molecule has 0 aliphatic carbocycles. The maximum absolute atomic E-state index is 13.6. The summed E-state index contributed by atoms with van der Waals surface area (Å²) in [6.45, 7) is 3.92. The fraction of sp³-hybridized carbons (Fsp3) is 0.276. The van der Waals surface area contributed by atoms with Crippen LogP contribution in [0.5, 0.6) is 11.5 Å². The van der Waals surface area contributed by atoms with Crippen molar-refractivity contribution in [2.24, 2.45) is 0 Å². The van der Waals surface area contributed by atoms with Crippen LogP contribution in [0.25, 0.3) is 10.8 Å². The second-order valence-electron chi connectivity index (χ2n) is 8.83. The van der Waals surface area contributed by atoms with Crippen LogP contribution in [0, 0.1) is 0 Å². The van der Waals surface area contributed by atoms with Crippen molar-refractivity contribution in [3.63, 3.8) is 0 Å². The maximum Gasteiger partial charge on any atom is 0.274 e. The van der Waals surface area contributed by atoms with Crippen LogP contribution >= 0.6 is 0 Å². The van der Waals surface area contributed by atoms with E-state index in [1.807, 2.05) is 73.7 Å². The fourth-order valence-corrected chi connectivity index (χ4v) is 4.58. The first-order chi connectivity index (χ1) is 17.6. The molecular weight excluding hydrogens is 454 g/mol. The Bertz CT molecular complexity index is 1410. The summed E-state index contributed by atoms with van der Waals surface area (Å²) in [7, 11) is 0. The molecule has 0 N–H and O–H groups in total. The summed E-state index contributed by atoms with van der Waals surface area (Å²) in [5.41, 5.74) is 1.05. The summed E-state index contributed by atoms with van der Waals surface area (Å²) in [5, 5.41) is 5.64. The highest BCUT2D eigenvalue weighted by molar-refractivity contribution is 6.04. The predicted molar refractivity (Wildman–Crippen MR) is 139 cm³/mol. The molecule has 36 heavy (non-hydrogen) atoms. The minimum absolute atomic E-state index is 0.00704. The number of nitrogens with zero attached hydrogens (tertiary/aromatic N) is 3. The quantitative estimate of drug-likeness (QED) is 0.386. The largest absolute Gasteiger partial charge is 0.490 e. The number of amides is 1. The molecule has 0 unspecified atom stereocenters. The monoisotopic (exact) mass is 483 g/mol. The number of piperidine rings is 1. The van der Waals surface area contributed by atoms with E-state index in [4.69, 9.17) is 9.47 Å². The topological polar surface area (TPSA) is 73.7 Å². The first-order valence-corrected chi connectivity index (χ1v) is 12.4. The molecule has 1 fully saturated rings. The fourth-order valence-electron chi connectivity index (χ4n) is 4.58. The number of para-hydroxylation sites is 2. The minimum Gasteiger partial charge on any atom is -0.490 e. The first kappa shape index (κ1) is 23.6. The summed E-state index contributed by atoms with van der Waals surface area (Å²) >= 11 is 0. The smallest absolute Gasteiger partial charge is 0.274 e. The Hall–Kier alpha value is -4.13. The Morgan fingerprint density at radius 3 is 2.25 bits per heavy atom. The molecular formula is C29H29N3O4. The van der Waals surface area contributed by atoms with Crippen LogP contribution in [0.15, 0.2) is 83.7 Å². The molecule has 0 radical (unpaired) electrons. The zero-order valence-corrected chi connectivity index (χ0v) is 20.3. The molecule has 4 aromatic rings. The highest BCUT2D eigenvalue weighted by atomic mass is 16.5. The summed E-state index contributed by atoms with van der Waals surface area (Å²) < 4.78 is 13.3. The molecule has 3 aromatic carbocycles. The predicted octanol–water partition coefficient (Wildman–Crippen LogP) is 4.53. The summed E-state index contributed by atoms with van der Waals surface area (Å²) in [4.78, 5) is 28.6. The summed E-state index contributed by atoms with van der Waals surface area (Å²) in [5.74, 6) is 1.29. The van der Waals surface area contributed by atoms with E-state index in [0.29, 0.717) is 55.5 Å². The summed E-state index contributed by atoms with van der Waals surface area (Å²) in [6, 6.07) is 24.5. The molecule has 0 bridgehead atoms. The van der Waals surface area contributed by atoms with E-state index in [-0.39, 0.29) is 17.6 Å². The molecule has 0 saturated carbocycles. The molecule has 1 aliphatic rings. The Morgan fingerprint density at radius 2 is 1.53 bits per heavy atom. The molecule has 184 valence electrons. The van der Waals surface area contributed by atoms with Crippen molar-refractivity contribution in [3.05, 3.63) is 100 Å². The number of rotatable bonds is 7. The van der Waals surface area contributed by atoms with E-state index in [9.17, 15) is 9.59 Å². The van der Waals surface area contributed by atoms with Gasteiger partial charge in [-0.2, -0.15) is 5.10 Å². The van der Waals surface area contributed by atoms with Crippen molar-refractivity contribution in [2.45, 2.75) is 32.4 Å². The molecule has 1 aromatic heterocycles. The number of ether oxygens (including phenoxy) is 2. The van der Waals surface area contributed by atoms with Gasteiger partial charge in [0.1, 0.15) is 6.10 Å². The van der Waals surface area contributed by atoms with Crippen LogP contribution in [0.2, 0.25) is 0 Å². The van der Waals surface area contributed by atoms with Crippen LogP contribution in [0.3, 0.4) is 0 Å². The Balaban J connectivity index is 1.35. The van der Waals surface area contributed by atoms with Crippen LogP contribution in [-0.4, -0.2) is 46.4 Å². The lowest BCUT2D eigenvalue weighted by Crippen LogP contribution is -2.42. The third-order valence-corrected chi connectivity index (χ3v) is 6.42. The number of fused-ring (bicyclic) bond motifs is 1. The molecule has 7 nitrogen and oxygen atoms in total. The van der Waals surface area contributed by atoms with Crippen LogP contribution < -0.4 is 15.0 Å². The zero-order valence-electron chi connectivity index (χ0n) is 20.3. The van der Waals surface area contributed by atoms with Crippen LogP contribution in [0.1, 0.15) is 35.8 Å². The molecule has 0 spiro atoms. The van der Waals surface area contributed by atoms with Crippen molar-refractivity contribution in [2.75, 3.05) is 19.7 Å². The van der Waals surface area contributed by atoms with Crippen molar-refractivity contribution >= 4 is 16.7 Å². The average Bonchev–Trinajstić information content (AvgIpc) is 2.92. The van der Waals surface area contributed by atoms with Crippen LogP contribution in [0.4, 0.5) is 0 Å². The molecule has 5 rings (SSSR count). The van der Waals surface area contributed by atoms with Gasteiger partial charge in [-0.1, -0.05) is 60.7 Å². The van der Waals surface area contributed by atoms with E-state index >= 15 is 0 Å². The lowest BCUT2D eigenvalue weighted by molar-refractivity contribution is 0.0583. The Kier molecular flexibility index (Phi) is 6.98. The van der Waals surface area contributed by atoms with E-state index in [2.05, 4.69) is 5.10 Å². The van der Waals surface area contributed by atoms with Gasteiger partial charge < -0.3 is 14.4 Å². The minimum atomic E-state index is -0.203. The van der Waals surface area contributed by atoms with E-state index in [1.165, 1.54) is 4.68 Å². The van der Waals surface area contributed by atoms with Gasteiger partial charge in [-0.15, -0.1) is 0 Å². The second kappa shape index (κ2) is 10.6. The number of carbonyl (C=O) groups is 1. The normalized spacial score (nSPS) is 14.1. The van der Waals surface area contributed by atoms with Gasteiger partial charge in [-0.25, -0.2) is 4.68 Å². The number of hydrogen-bond acceptors (Lipinski definition) is 5. The average molecular weight is 484 g/mol. The number of aromatic nitrogens is 2. The van der Waals surface area contributed by atoms with Crippen molar-refractivity contribution in [3.8, 4) is 11.5 Å². The standard InChI is InChI=1S/C29H29N3O4/c1-2-35-25-14-8-9-15-26(25)36-22-16-18-31(19-17-22)29(34)27-23-12-6-7-13-24(23)28(33)32(30-27)20-21-10-4-3-5-11-21/h3-15,22H,2,16-20H2,1H3. The summed E-state index contributed by atoms with van der Waals surface area (Å²) in [6.07, 6.45) is 1.40. The van der Waals surface area contributed by atoms with Crippen LogP contribution in [-0.2, 0) is 6.54 Å². The molecule has 1 aliphatic heterocycles. The Labute approximate surface area is 209 Å². The number of likely N-dealkylation sites (tertiary alicyclic amines) is 1. The third kappa shape index (κ3) is 4.96. The highest BCUT2D eigenvalue weighted by Crippen LogP contribution is 2.29. The van der Waals surface area contributed by atoms with Gasteiger partial charge in [-0.3, -0.25) is 9.59 Å². The Morgan fingerprint density at radius 1 is 0.889 bits per heavy atom. The second-order valence-corrected chi connectivity index (χ2v) is 8.83. The first-order valence-electron chi connectivity index (χ1n) is 12.4.